The Morgan fingerprint density at radius 2 is 1.70 bits per heavy atom. The molecule has 1 atom stereocenters. The van der Waals surface area contributed by atoms with E-state index >= 15 is 0 Å². The maximum Gasteiger partial charge on any atom is 0.243 e. The van der Waals surface area contributed by atoms with E-state index in [4.69, 9.17) is 9.47 Å². The quantitative estimate of drug-likeness (QED) is 0.338. The standard InChI is InChI=1S/C27H31N3O3/c1-32-23-11-6-20(7-12-23)27(21-8-13-24(33-2)14-9-21)19-22(27)10-15-26(31)30-16-4-3-5-25-28-17-18-29-25/h6-15,17-18,22H,3-5,16,19H2,1-2H3,(H,28,29)(H,30,31)/t22-/m1/s1. The number of benzene rings is 2. The van der Waals surface area contributed by atoms with Gasteiger partial charge in [0, 0.05) is 30.8 Å². The van der Waals surface area contributed by atoms with Gasteiger partial charge < -0.3 is 19.8 Å². The highest BCUT2D eigenvalue weighted by Gasteiger charge is 2.55. The van der Waals surface area contributed by atoms with Crippen molar-refractivity contribution in [2.24, 2.45) is 5.92 Å². The highest BCUT2D eigenvalue weighted by molar-refractivity contribution is 5.87. The number of carbonyl (C=O) groups excluding carboxylic acids is 1. The maximum atomic E-state index is 12.4. The number of aromatic nitrogens is 2. The van der Waals surface area contributed by atoms with Crippen molar-refractivity contribution in [2.45, 2.75) is 31.1 Å². The van der Waals surface area contributed by atoms with Gasteiger partial charge in [-0.3, -0.25) is 4.79 Å². The molecule has 1 saturated carbocycles. The van der Waals surface area contributed by atoms with Crippen LogP contribution in [0.25, 0.3) is 0 Å². The summed E-state index contributed by atoms with van der Waals surface area (Å²) in [6.45, 7) is 0.663. The van der Waals surface area contributed by atoms with Crippen LogP contribution in [0.15, 0.2) is 73.1 Å². The lowest BCUT2D eigenvalue weighted by molar-refractivity contribution is -0.116. The first-order valence-corrected chi connectivity index (χ1v) is 11.4. The summed E-state index contributed by atoms with van der Waals surface area (Å²) in [7, 11) is 3.35. The van der Waals surface area contributed by atoms with Crippen molar-refractivity contribution in [1.82, 2.24) is 15.3 Å². The number of methoxy groups -OCH3 is 2. The van der Waals surface area contributed by atoms with Gasteiger partial charge in [0.25, 0.3) is 0 Å². The van der Waals surface area contributed by atoms with Crippen LogP contribution in [0.1, 0.15) is 36.2 Å². The van der Waals surface area contributed by atoms with Crippen LogP contribution in [-0.4, -0.2) is 36.6 Å². The molecular weight excluding hydrogens is 414 g/mol. The molecule has 6 heteroatoms. The maximum absolute atomic E-state index is 12.4. The monoisotopic (exact) mass is 445 g/mol. The third-order valence-corrected chi connectivity index (χ3v) is 6.40. The van der Waals surface area contributed by atoms with E-state index in [2.05, 4.69) is 39.6 Å². The Morgan fingerprint density at radius 3 is 2.24 bits per heavy atom. The van der Waals surface area contributed by atoms with Crippen LogP contribution < -0.4 is 14.8 Å². The molecular formula is C27H31N3O3. The first-order chi connectivity index (χ1) is 16.2. The minimum Gasteiger partial charge on any atom is -0.497 e. The first-order valence-electron chi connectivity index (χ1n) is 11.4. The molecule has 3 aromatic rings. The van der Waals surface area contributed by atoms with Crippen LogP contribution in [0.3, 0.4) is 0 Å². The van der Waals surface area contributed by atoms with Crippen molar-refractivity contribution in [2.75, 3.05) is 20.8 Å². The number of nitrogens with one attached hydrogen (secondary N) is 2. The summed E-state index contributed by atoms with van der Waals surface area (Å²) in [5.41, 5.74) is 2.31. The molecule has 2 N–H and O–H groups in total. The number of hydrogen-bond donors (Lipinski definition) is 2. The minimum atomic E-state index is -0.141. The Hall–Kier alpha value is -3.54. The van der Waals surface area contributed by atoms with E-state index in [0.717, 1.165) is 43.0 Å². The Labute approximate surface area is 195 Å². The van der Waals surface area contributed by atoms with Crippen molar-refractivity contribution in [3.05, 3.63) is 90.0 Å². The molecule has 0 bridgehead atoms. The van der Waals surface area contributed by atoms with Gasteiger partial charge in [0.15, 0.2) is 0 Å². The molecule has 1 amide bonds. The predicted molar refractivity (Wildman–Crippen MR) is 129 cm³/mol. The van der Waals surface area contributed by atoms with Crippen LogP contribution in [0.5, 0.6) is 11.5 Å². The second-order valence-corrected chi connectivity index (χ2v) is 8.38. The Kier molecular flexibility index (Phi) is 7.13. The summed E-state index contributed by atoms with van der Waals surface area (Å²) in [5, 5.41) is 2.99. The lowest BCUT2D eigenvalue weighted by Gasteiger charge is -2.19. The topological polar surface area (TPSA) is 76.2 Å². The van der Waals surface area contributed by atoms with Gasteiger partial charge in [-0.2, -0.15) is 0 Å². The van der Waals surface area contributed by atoms with Crippen molar-refractivity contribution >= 4 is 5.91 Å². The smallest absolute Gasteiger partial charge is 0.243 e. The van der Waals surface area contributed by atoms with Gasteiger partial charge in [-0.1, -0.05) is 30.3 Å². The van der Waals surface area contributed by atoms with Gasteiger partial charge in [0.1, 0.15) is 17.3 Å². The molecule has 0 radical (unpaired) electrons. The molecule has 1 heterocycles. The van der Waals surface area contributed by atoms with E-state index in [-0.39, 0.29) is 17.2 Å². The molecule has 1 aliphatic carbocycles. The first kappa shape index (κ1) is 22.6. The molecule has 0 saturated heterocycles. The SMILES string of the molecule is COc1ccc(C2(c3ccc(OC)cc3)C[C@H]2C=CC(=O)NCCCCc2ncc[nH]2)cc1. The average Bonchev–Trinajstić information content (AvgIpc) is 3.36. The normalized spacial score (nSPS) is 16.5. The van der Waals surface area contributed by atoms with Crippen LogP contribution in [0, 0.1) is 5.92 Å². The lowest BCUT2D eigenvalue weighted by atomic mass is 9.85. The van der Waals surface area contributed by atoms with Crippen molar-refractivity contribution < 1.29 is 14.3 Å². The summed E-state index contributed by atoms with van der Waals surface area (Å²) in [6, 6.07) is 16.5. The predicted octanol–water partition coefficient (Wildman–Crippen LogP) is 4.43. The van der Waals surface area contributed by atoms with Gasteiger partial charge in [0.2, 0.25) is 5.91 Å². The number of imidazole rings is 1. The molecule has 172 valence electrons. The highest BCUT2D eigenvalue weighted by Crippen LogP contribution is 2.59. The zero-order valence-electron chi connectivity index (χ0n) is 19.2. The van der Waals surface area contributed by atoms with E-state index in [1.165, 1.54) is 11.1 Å². The number of allylic oxidation sites excluding steroid dienone is 1. The van der Waals surface area contributed by atoms with E-state index in [1.54, 1.807) is 26.5 Å². The Morgan fingerprint density at radius 1 is 1.06 bits per heavy atom. The van der Waals surface area contributed by atoms with E-state index in [1.807, 2.05) is 36.5 Å². The van der Waals surface area contributed by atoms with E-state index in [9.17, 15) is 4.79 Å². The molecule has 0 aliphatic heterocycles. The summed E-state index contributed by atoms with van der Waals surface area (Å²) >= 11 is 0. The number of ether oxygens (including phenoxy) is 2. The molecule has 6 nitrogen and oxygen atoms in total. The second kappa shape index (κ2) is 10.4. The third kappa shape index (κ3) is 5.28. The summed E-state index contributed by atoms with van der Waals surface area (Å²) in [5.74, 6) is 2.87. The minimum absolute atomic E-state index is 0.0433. The van der Waals surface area contributed by atoms with Gasteiger partial charge in [0.05, 0.1) is 14.2 Å². The number of aryl methyl sites for hydroxylation is 1. The second-order valence-electron chi connectivity index (χ2n) is 8.38. The van der Waals surface area contributed by atoms with Crippen LogP contribution in [0.4, 0.5) is 0 Å². The van der Waals surface area contributed by atoms with Crippen LogP contribution in [-0.2, 0) is 16.6 Å². The zero-order valence-corrected chi connectivity index (χ0v) is 19.2. The number of unbranched alkanes of at least 4 members (excludes halogenated alkanes) is 1. The fraction of sp³-hybridized carbons (Fsp3) is 0.333. The molecule has 2 aromatic carbocycles. The van der Waals surface area contributed by atoms with E-state index < -0.39 is 0 Å². The number of aromatic amines is 1. The molecule has 1 aromatic heterocycles. The summed E-state index contributed by atoms with van der Waals surface area (Å²) in [4.78, 5) is 19.7. The molecule has 1 fully saturated rings. The summed E-state index contributed by atoms with van der Waals surface area (Å²) < 4.78 is 10.7. The average molecular weight is 446 g/mol. The Bertz CT molecular complexity index is 1010. The van der Waals surface area contributed by atoms with Gasteiger partial charge in [-0.25, -0.2) is 4.98 Å². The molecule has 0 spiro atoms. The number of H-pyrrole nitrogens is 1. The van der Waals surface area contributed by atoms with Gasteiger partial charge >= 0.3 is 0 Å². The molecule has 4 rings (SSSR count). The largest absolute Gasteiger partial charge is 0.497 e. The van der Waals surface area contributed by atoms with Crippen molar-refractivity contribution in [3.63, 3.8) is 0 Å². The molecule has 1 aliphatic rings. The fourth-order valence-electron chi connectivity index (χ4n) is 4.45. The molecule has 33 heavy (non-hydrogen) atoms. The third-order valence-electron chi connectivity index (χ3n) is 6.40. The lowest BCUT2D eigenvalue weighted by Crippen LogP contribution is -2.22. The number of rotatable bonds is 11. The fourth-order valence-corrected chi connectivity index (χ4v) is 4.45. The number of nitrogens with zero attached hydrogens (tertiary/aromatic N) is 1. The van der Waals surface area contributed by atoms with Crippen LogP contribution >= 0.6 is 0 Å². The van der Waals surface area contributed by atoms with Crippen molar-refractivity contribution in [1.29, 1.82) is 0 Å². The molecule has 0 unspecified atom stereocenters. The van der Waals surface area contributed by atoms with Gasteiger partial charge in [-0.15, -0.1) is 0 Å². The number of hydrogen-bond acceptors (Lipinski definition) is 4. The summed E-state index contributed by atoms with van der Waals surface area (Å²) in [6.07, 6.45) is 11.1. The van der Waals surface area contributed by atoms with Crippen molar-refractivity contribution in [3.8, 4) is 11.5 Å². The van der Waals surface area contributed by atoms with E-state index in [0.29, 0.717) is 6.54 Å². The number of carbonyl (C=O) groups is 1. The van der Waals surface area contributed by atoms with Gasteiger partial charge in [-0.05, 0) is 66.6 Å². The Balaban J connectivity index is 1.38. The highest BCUT2D eigenvalue weighted by atomic mass is 16.5. The van der Waals surface area contributed by atoms with Crippen LogP contribution in [0.2, 0.25) is 0 Å². The number of amides is 1. The zero-order chi connectivity index (χ0) is 23.1.